The van der Waals surface area contributed by atoms with Gasteiger partial charge in [0.15, 0.2) is 0 Å². The molecule has 1 aromatic heterocycles. The van der Waals surface area contributed by atoms with E-state index in [1.165, 1.54) is 0 Å². The molecule has 0 saturated heterocycles. The third-order valence-corrected chi connectivity index (χ3v) is 4.79. The second-order valence-corrected chi connectivity index (χ2v) is 7.05. The second-order valence-electron chi connectivity index (χ2n) is 7.05. The highest BCUT2D eigenvalue weighted by Gasteiger charge is 2.33. The van der Waals surface area contributed by atoms with Crippen molar-refractivity contribution in [2.75, 3.05) is 0 Å². The standard InChI is InChI=1S/C19H25N3O5/c1-5-11(4)14(18(25)26)21-16(23)15(10(2)3)22-17(24)12-8-6-7-9-13(12)20-19(22)27/h6-11,14-15H,5H2,1-4H3,(H,20,27)(H,21,23)(H,25,26)/t11-,14-,15-/m1/s1. The van der Waals surface area contributed by atoms with Crippen LogP contribution in [0.25, 0.3) is 10.9 Å². The van der Waals surface area contributed by atoms with Crippen molar-refractivity contribution in [1.82, 2.24) is 14.9 Å². The first kappa shape index (κ1) is 20.4. The second kappa shape index (κ2) is 8.20. The summed E-state index contributed by atoms with van der Waals surface area (Å²) >= 11 is 0. The Labute approximate surface area is 156 Å². The van der Waals surface area contributed by atoms with Gasteiger partial charge in [-0.05, 0) is 24.0 Å². The van der Waals surface area contributed by atoms with Gasteiger partial charge in [-0.3, -0.25) is 9.59 Å². The van der Waals surface area contributed by atoms with Crippen LogP contribution >= 0.6 is 0 Å². The number of carbonyl (C=O) groups excluding carboxylic acids is 1. The minimum absolute atomic E-state index is 0.285. The van der Waals surface area contributed by atoms with Crippen LogP contribution in [-0.2, 0) is 9.59 Å². The number of carbonyl (C=O) groups is 2. The Morgan fingerprint density at radius 2 is 1.81 bits per heavy atom. The van der Waals surface area contributed by atoms with Crippen molar-refractivity contribution in [3.8, 4) is 0 Å². The van der Waals surface area contributed by atoms with Crippen LogP contribution in [0.5, 0.6) is 0 Å². The normalized spacial score (nSPS) is 14.7. The van der Waals surface area contributed by atoms with Gasteiger partial charge in [-0.25, -0.2) is 14.2 Å². The van der Waals surface area contributed by atoms with E-state index >= 15 is 0 Å². The van der Waals surface area contributed by atoms with E-state index in [-0.39, 0.29) is 11.3 Å². The van der Waals surface area contributed by atoms with E-state index < -0.39 is 41.1 Å². The number of nitrogens with zero attached hydrogens (tertiary/aromatic N) is 1. The SMILES string of the molecule is CC[C@@H](C)[C@@H](NC(=O)[C@@H](C(C)C)n1c(=O)[nH]c2ccccc2c1=O)C(=O)O. The van der Waals surface area contributed by atoms with Crippen molar-refractivity contribution in [3.05, 3.63) is 45.1 Å². The van der Waals surface area contributed by atoms with Crippen molar-refractivity contribution >= 4 is 22.8 Å². The maximum atomic E-state index is 12.9. The summed E-state index contributed by atoms with van der Waals surface area (Å²) in [6.45, 7) is 6.94. The smallest absolute Gasteiger partial charge is 0.329 e. The van der Waals surface area contributed by atoms with E-state index in [2.05, 4.69) is 10.3 Å². The summed E-state index contributed by atoms with van der Waals surface area (Å²) in [5, 5.41) is 12.2. The number of fused-ring (bicyclic) bond motifs is 1. The Kier molecular flexibility index (Phi) is 6.20. The van der Waals surface area contributed by atoms with Crippen molar-refractivity contribution in [3.63, 3.8) is 0 Å². The number of hydrogen-bond acceptors (Lipinski definition) is 4. The number of carboxylic acid groups (broad SMARTS) is 1. The Balaban J connectivity index is 2.54. The highest BCUT2D eigenvalue weighted by molar-refractivity contribution is 5.86. The van der Waals surface area contributed by atoms with Gasteiger partial charge in [-0.1, -0.05) is 46.2 Å². The molecule has 1 amide bonds. The molecule has 1 aromatic carbocycles. The number of amides is 1. The van der Waals surface area contributed by atoms with Gasteiger partial charge in [-0.2, -0.15) is 0 Å². The number of hydrogen-bond donors (Lipinski definition) is 3. The van der Waals surface area contributed by atoms with Gasteiger partial charge in [0, 0.05) is 0 Å². The van der Waals surface area contributed by atoms with E-state index in [9.17, 15) is 24.3 Å². The summed E-state index contributed by atoms with van der Waals surface area (Å²) in [5.41, 5.74) is -0.906. The number of carboxylic acids is 1. The molecule has 3 atom stereocenters. The van der Waals surface area contributed by atoms with Gasteiger partial charge in [0.05, 0.1) is 10.9 Å². The lowest BCUT2D eigenvalue weighted by Gasteiger charge is -2.26. The zero-order valence-electron chi connectivity index (χ0n) is 15.9. The number of nitrogens with one attached hydrogen (secondary N) is 2. The van der Waals surface area contributed by atoms with Crippen LogP contribution in [0.4, 0.5) is 0 Å². The van der Waals surface area contributed by atoms with Crippen LogP contribution < -0.4 is 16.6 Å². The number of aromatic amines is 1. The van der Waals surface area contributed by atoms with Crippen molar-refractivity contribution in [1.29, 1.82) is 0 Å². The van der Waals surface area contributed by atoms with Crippen LogP contribution in [0, 0.1) is 11.8 Å². The van der Waals surface area contributed by atoms with E-state index in [1.807, 2.05) is 6.92 Å². The zero-order chi connectivity index (χ0) is 20.3. The summed E-state index contributed by atoms with van der Waals surface area (Å²) in [7, 11) is 0. The third kappa shape index (κ3) is 4.10. The average molecular weight is 375 g/mol. The topological polar surface area (TPSA) is 121 Å². The quantitative estimate of drug-likeness (QED) is 0.677. The molecule has 0 aliphatic carbocycles. The molecule has 2 aromatic rings. The van der Waals surface area contributed by atoms with E-state index in [0.29, 0.717) is 11.9 Å². The molecular formula is C19H25N3O5. The largest absolute Gasteiger partial charge is 0.480 e. The lowest BCUT2D eigenvalue weighted by molar-refractivity contribution is -0.144. The molecule has 8 nitrogen and oxygen atoms in total. The molecule has 1 heterocycles. The Morgan fingerprint density at radius 1 is 1.19 bits per heavy atom. The van der Waals surface area contributed by atoms with Gasteiger partial charge >= 0.3 is 11.7 Å². The molecule has 0 fully saturated rings. The van der Waals surface area contributed by atoms with Crippen LogP contribution in [0.3, 0.4) is 0 Å². The molecule has 0 radical (unpaired) electrons. The molecule has 0 saturated carbocycles. The fourth-order valence-corrected chi connectivity index (χ4v) is 3.07. The maximum Gasteiger partial charge on any atom is 0.329 e. The summed E-state index contributed by atoms with van der Waals surface area (Å²) in [6, 6.07) is 4.31. The number of aliphatic carboxylic acids is 1. The first-order valence-corrected chi connectivity index (χ1v) is 8.95. The van der Waals surface area contributed by atoms with Crippen LogP contribution in [0.1, 0.15) is 40.2 Å². The van der Waals surface area contributed by atoms with E-state index in [1.54, 1.807) is 45.0 Å². The Bertz CT molecular complexity index is 960. The van der Waals surface area contributed by atoms with E-state index in [0.717, 1.165) is 4.57 Å². The number of aromatic nitrogens is 2. The lowest BCUT2D eigenvalue weighted by atomic mass is 9.97. The highest BCUT2D eigenvalue weighted by Crippen LogP contribution is 2.17. The van der Waals surface area contributed by atoms with Crippen LogP contribution in [0.15, 0.2) is 33.9 Å². The number of benzene rings is 1. The third-order valence-electron chi connectivity index (χ3n) is 4.79. The lowest BCUT2D eigenvalue weighted by Crippen LogP contribution is -2.52. The molecule has 146 valence electrons. The van der Waals surface area contributed by atoms with Gasteiger partial charge in [0.2, 0.25) is 5.91 Å². The molecule has 3 N–H and O–H groups in total. The van der Waals surface area contributed by atoms with Crippen molar-refractivity contribution < 1.29 is 14.7 Å². The van der Waals surface area contributed by atoms with Crippen LogP contribution in [-0.4, -0.2) is 32.6 Å². The Hall–Kier alpha value is -2.90. The number of H-pyrrole nitrogens is 1. The summed E-state index contributed by atoms with van der Waals surface area (Å²) in [4.78, 5) is 52.4. The number of rotatable bonds is 7. The predicted octanol–water partition coefficient (Wildman–Crippen LogP) is 1.50. The summed E-state index contributed by atoms with van der Waals surface area (Å²) in [5.74, 6) is -2.53. The van der Waals surface area contributed by atoms with Gasteiger partial charge in [0.25, 0.3) is 5.56 Å². The minimum Gasteiger partial charge on any atom is -0.480 e. The van der Waals surface area contributed by atoms with Crippen molar-refractivity contribution in [2.45, 2.75) is 46.2 Å². The summed E-state index contributed by atoms with van der Waals surface area (Å²) < 4.78 is 0.873. The maximum absolute atomic E-state index is 12.9. The monoisotopic (exact) mass is 375 g/mol. The molecule has 2 rings (SSSR count). The van der Waals surface area contributed by atoms with Crippen molar-refractivity contribution in [2.24, 2.45) is 11.8 Å². The predicted molar refractivity (Wildman–Crippen MR) is 102 cm³/mol. The van der Waals surface area contributed by atoms with Gasteiger partial charge < -0.3 is 15.4 Å². The molecular weight excluding hydrogens is 350 g/mol. The van der Waals surface area contributed by atoms with E-state index in [4.69, 9.17) is 0 Å². The number of para-hydroxylation sites is 1. The molecule has 27 heavy (non-hydrogen) atoms. The highest BCUT2D eigenvalue weighted by atomic mass is 16.4. The fourth-order valence-electron chi connectivity index (χ4n) is 3.07. The first-order chi connectivity index (χ1) is 12.7. The fraction of sp³-hybridized carbons (Fsp3) is 0.474. The molecule has 0 aliphatic rings. The van der Waals surface area contributed by atoms with Gasteiger partial charge in [0.1, 0.15) is 12.1 Å². The summed E-state index contributed by atoms with van der Waals surface area (Å²) in [6.07, 6.45) is 0.556. The minimum atomic E-state index is -1.15. The molecule has 0 bridgehead atoms. The molecule has 0 unspecified atom stereocenters. The Morgan fingerprint density at radius 3 is 2.37 bits per heavy atom. The average Bonchev–Trinajstić information content (AvgIpc) is 2.61. The molecule has 8 heteroatoms. The van der Waals surface area contributed by atoms with Crippen LogP contribution in [0.2, 0.25) is 0 Å². The molecule has 0 spiro atoms. The molecule has 0 aliphatic heterocycles. The zero-order valence-corrected chi connectivity index (χ0v) is 15.9. The first-order valence-electron chi connectivity index (χ1n) is 8.95. The van der Waals surface area contributed by atoms with Gasteiger partial charge in [-0.15, -0.1) is 0 Å².